The standard InChI is InChI=1S/C15H23NO2/c1-14(2,3)11-7-10(9-15(16)5-6-15)13(17)12(8-11)18-4/h7-8,17H,5-6,9,16H2,1-4H3. The topological polar surface area (TPSA) is 55.5 Å². The molecule has 3 nitrogen and oxygen atoms in total. The second-order valence-corrected chi connectivity index (χ2v) is 6.48. The Kier molecular flexibility index (Phi) is 3.06. The molecule has 18 heavy (non-hydrogen) atoms. The molecule has 0 bridgehead atoms. The number of methoxy groups -OCH3 is 1. The zero-order valence-electron chi connectivity index (χ0n) is 11.7. The SMILES string of the molecule is COc1cc(C(C)(C)C)cc(CC2(N)CC2)c1O. The lowest BCUT2D eigenvalue weighted by atomic mass is 9.85. The largest absolute Gasteiger partial charge is 0.504 e. The van der Waals surface area contributed by atoms with Crippen molar-refractivity contribution in [2.75, 3.05) is 7.11 Å². The van der Waals surface area contributed by atoms with Gasteiger partial charge in [0.1, 0.15) is 0 Å². The van der Waals surface area contributed by atoms with Gasteiger partial charge in [-0.15, -0.1) is 0 Å². The normalized spacial score (nSPS) is 17.6. The van der Waals surface area contributed by atoms with Gasteiger partial charge < -0.3 is 15.6 Å². The van der Waals surface area contributed by atoms with Crippen molar-refractivity contribution in [2.45, 2.75) is 51.0 Å². The number of hydrogen-bond donors (Lipinski definition) is 2. The Balaban J connectivity index is 2.43. The van der Waals surface area contributed by atoms with E-state index in [9.17, 15) is 5.11 Å². The number of benzene rings is 1. The van der Waals surface area contributed by atoms with Crippen molar-refractivity contribution in [3.63, 3.8) is 0 Å². The number of ether oxygens (including phenoxy) is 1. The second kappa shape index (κ2) is 4.16. The van der Waals surface area contributed by atoms with Crippen LogP contribution in [0.1, 0.15) is 44.7 Å². The molecule has 1 aliphatic carbocycles. The molecule has 0 radical (unpaired) electrons. The van der Waals surface area contributed by atoms with E-state index in [1.807, 2.05) is 6.07 Å². The van der Waals surface area contributed by atoms with Gasteiger partial charge in [-0.05, 0) is 41.9 Å². The van der Waals surface area contributed by atoms with Crippen LogP contribution in [0.3, 0.4) is 0 Å². The van der Waals surface area contributed by atoms with Crippen molar-refractivity contribution in [1.82, 2.24) is 0 Å². The second-order valence-electron chi connectivity index (χ2n) is 6.48. The summed E-state index contributed by atoms with van der Waals surface area (Å²) in [6.45, 7) is 6.45. The lowest BCUT2D eigenvalue weighted by Crippen LogP contribution is -2.25. The lowest BCUT2D eigenvalue weighted by molar-refractivity contribution is 0.367. The Labute approximate surface area is 109 Å². The summed E-state index contributed by atoms with van der Waals surface area (Å²) >= 11 is 0. The number of nitrogens with two attached hydrogens (primary N) is 1. The molecule has 3 N–H and O–H groups in total. The maximum atomic E-state index is 10.2. The highest BCUT2D eigenvalue weighted by molar-refractivity contribution is 5.51. The average molecular weight is 249 g/mol. The van der Waals surface area contributed by atoms with E-state index < -0.39 is 0 Å². The number of phenols is 1. The Morgan fingerprint density at radius 1 is 1.33 bits per heavy atom. The summed E-state index contributed by atoms with van der Waals surface area (Å²) < 4.78 is 5.27. The first-order chi connectivity index (χ1) is 8.25. The molecular weight excluding hydrogens is 226 g/mol. The van der Waals surface area contributed by atoms with Crippen molar-refractivity contribution in [3.05, 3.63) is 23.3 Å². The van der Waals surface area contributed by atoms with Crippen LogP contribution in [-0.4, -0.2) is 17.8 Å². The molecule has 2 rings (SSSR count). The molecule has 3 heteroatoms. The highest BCUT2D eigenvalue weighted by atomic mass is 16.5. The summed E-state index contributed by atoms with van der Waals surface area (Å²) in [6, 6.07) is 3.97. The first kappa shape index (κ1) is 13.2. The smallest absolute Gasteiger partial charge is 0.161 e. The summed E-state index contributed by atoms with van der Waals surface area (Å²) in [5, 5.41) is 10.2. The van der Waals surface area contributed by atoms with Crippen LogP contribution in [0, 0.1) is 0 Å². The molecule has 0 aliphatic heterocycles. The van der Waals surface area contributed by atoms with E-state index in [-0.39, 0.29) is 16.7 Å². The molecule has 1 aromatic rings. The van der Waals surface area contributed by atoms with E-state index in [1.54, 1.807) is 7.11 Å². The molecule has 1 aliphatic rings. The van der Waals surface area contributed by atoms with Gasteiger partial charge >= 0.3 is 0 Å². The molecule has 0 atom stereocenters. The monoisotopic (exact) mass is 249 g/mol. The Bertz CT molecular complexity index is 456. The third-order valence-electron chi connectivity index (χ3n) is 3.67. The molecule has 1 fully saturated rings. The van der Waals surface area contributed by atoms with Crippen LogP contribution < -0.4 is 10.5 Å². The van der Waals surface area contributed by atoms with Crippen molar-refractivity contribution < 1.29 is 9.84 Å². The maximum absolute atomic E-state index is 10.2. The minimum Gasteiger partial charge on any atom is -0.504 e. The molecule has 1 aromatic carbocycles. The van der Waals surface area contributed by atoms with Crippen LogP contribution in [0.2, 0.25) is 0 Å². The summed E-state index contributed by atoms with van der Waals surface area (Å²) in [5.74, 6) is 0.781. The molecule has 0 heterocycles. The van der Waals surface area contributed by atoms with E-state index in [4.69, 9.17) is 10.5 Å². The van der Waals surface area contributed by atoms with Crippen molar-refractivity contribution in [1.29, 1.82) is 0 Å². The minimum absolute atomic E-state index is 0.0288. The Morgan fingerprint density at radius 3 is 2.39 bits per heavy atom. The predicted octanol–water partition coefficient (Wildman–Crippen LogP) is 2.73. The average Bonchev–Trinajstić information content (AvgIpc) is 2.98. The Morgan fingerprint density at radius 2 is 1.94 bits per heavy atom. The number of phenolic OH excluding ortho intramolecular Hbond substituents is 1. The fourth-order valence-corrected chi connectivity index (χ4v) is 2.11. The zero-order valence-corrected chi connectivity index (χ0v) is 11.7. The van der Waals surface area contributed by atoms with E-state index in [0.29, 0.717) is 5.75 Å². The molecule has 100 valence electrons. The highest BCUT2D eigenvalue weighted by Crippen LogP contribution is 2.42. The van der Waals surface area contributed by atoms with Gasteiger partial charge in [-0.1, -0.05) is 26.8 Å². The van der Waals surface area contributed by atoms with Crippen LogP contribution in [-0.2, 0) is 11.8 Å². The summed E-state index contributed by atoms with van der Waals surface area (Å²) in [6.07, 6.45) is 2.79. The first-order valence-electron chi connectivity index (χ1n) is 6.44. The first-order valence-corrected chi connectivity index (χ1v) is 6.44. The van der Waals surface area contributed by atoms with Gasteiger partial charge in [0.25, 0.3) is 0 Å². The molecule has 0 unspecified atom stereocenters. The van der Waals surface area contributed by atoms with Crippen molar-refractivity contribution in [2.24, 2.45) is 5.73 Å². The zero-order chi connectivity index (χ0) is 13.6. The fourth-order valence-electron chi connectivity index (χ4n) is 2.11. The molecule has 0 spiro atoms. The summed E-state index contributed by atoms with van der Waals surface area (Å²) in [5.41, 5.74) is 8.13. The maximum Gasteiger partial charge on any atom is 0.161 e. The summed E-state index contributed by atoms with van der Waals surface area (Å²) in [4.78, 5) is 0. The van der Waals surface area contributed by atoms with Gasteiger partial charge in [-0.3, -0.25) is 0 Å². The van der Waals surface area contributed by atoms with Crippen LogP contribution in [0.5, 0.6) is 11.5 Å². The van der Waals surface area contributed by atoms with Crippen LogP contribution in [0.25, 0.3) is 0 Å². The van der Waals surface area contributed by atoms with Gasteiger partial charge in [0, 0.05) is 5.54 Å². The van der Waals surface area contributed by atoms with Gasteiger partial charge in [-0.2, -0.15) is 0 Å². The quantitative estimate of drug-likeness (QED) is 0.866. The summed E-state index contributed by atoms with van der Waals surface area (Å²) in [7, 11) is 1.58. The Hall–Kier alpha value is -1.22. The van der Waals surface area contributed by atoms with E-state index in [1.165, 1.54) is 0 Å². The van der Waals surface area contributed by atoms with Crippen LogP contribution >= 0.6 is 0 Å². The third-order valence-corrected chi connectivity index (χ3v) is 3.67. The predicted molar refractivity (Wildman–Crippen MR) is 73.2 cm³/mol. The number of rotatable bonds is 3. The van der Waals surface area contributed by atoms with Crippen molar-refractivity contribution in [3.8, 4) is 11.5 Å². The molecule has 1 saturated carbocycles. The van der Waals surface area contributed by atoms with E-state index in [2.05, 4.69) is 26.8 Å². The minimum atomic E-state index is -0.112. The highest BCUT2D eigenvalue weighted by Gasteiger charge is 2.39. The molecule has 0 amide bonds. The van der Waals surface area contributed by atoms with Crippen molar-refractivity contribution >= 4 is 0 Å². The fraction of sp³-hybridized carbons (Fsp3) is 0.600. The van der Waals surface area contributed by atoms with E-state index >= 15 is 0 Å². The molecular formula is C15H23NO2. The van der Waals surface area contributed by atoms with Crippen LogP contribution in [0.15, 0.2) is 12.1 Å². The van der Waals surface area contributed by atoms with Gasteiger partial charge in [0.2, 0.25) is 0 Å². The molecule has 0 saturated heterocycles. The molecule has 0 aromatic heterocycles. The van der Waals surface area contributed by atoms with E-state index in [0.717, 1.165) is 30.4 Å². The van der Waals surface area contributed by atoms with Gasteiger partial charge in [-0.25, -0.2) is 0 Å². The third kappa shape index (κ3) is 2.61. The lowest BCUT2D eigenvalue weighted by Gasteiger charge is -2.22. The van der Waals surface area contributed by atoms with Crippen LogP contribution in [0.4, 0.5) is 0 Å². The number of aromatic hydroxyl groups is 1. The van der Waals surface area contributed by atoms with Gasteiger partial charge in [0.05, 0.1) is 7.11 Å². The van der Waals surface area contributed by atoms with Gasteiger partial charge in [0.15, 0.2) is 11.5 Å². The number of hydrogen-bond acceptors (Lipinski definition) is 3.